The molecule has 0 aromatic heterocycles. The van der Waals surface area contributed by atoms with E-state index >= 15 is 0 Å². The normalized spacial score (nSPS) is 15.6. The summed E-state index contributed by atoms with van der Waals surface area (Å²) < 4.78 is 4.77. The maximum Gasteiger partial charge on any atom is 0.334 e. The van der Waals surface area contributed by atoms with Crippen molar-refractivity contribution in [1.29, 1.82) is 0 Å². The number of ether oxygens (including phenoxy) is 1. The summed E-state index contributed by atoms with van der Waals surface area (Å²) in [5.41, 5.74) is 0. The van der Waals surface area contributed by atoms with Crippen LogP contribution < -0.4 is 0 Å². The van der Waals surface area contributed by atoms with Crippen LogP contribution >= 0.6 is 0 Å². The van der Waals surface area contributed by atoms with E-state index in [2.05, 4.69) is 0 Å². The van der Waals surface area contributed by atoms with Gasteiger partial charge in [-0.2, -0.15) is 0 Å². The summed E-state index contributed by atoms with van der Waals surface area (Å²) in [7, 11) is 0. The SMILES string of the molecule is CC[C@@H](C)COC(=O)[C@@H](C)O. The van der Waals surface area contributed by atoms with Gasteiger partial charge in [-0.05, 0) is 12.8 Å². The van der Waals surface area contributed by atoms with Crippen molar-refractivity contribution in [2.24, 2.45) is 5.92 Å². The van der Waals surface area contributed by atoms with Crippen LogP contribution in [-0.2, 0) is 9.53 Å². The zero-order valence-electron chi connectivity index (χ0n) is 7.33. The van der Waals surface area contributed by atoms with Gasteiger partial charge >= 0.3 is 5.97 Å². The van der Waals surface area contributed by atoms with Crippen molar-refractivity contribution >= 4 is 5.97 Å². The average molecular weight is 160 g/mol. The number of esters is 1. The molecule has 0 radical (unpaired) electrons. The van der Waals surface area contributed by atoms with E-state index in [0.717, 1.165) is 6.42 Å². The fraction of sp³-hybridized carbons (Fsp3) is 0.875. The topological polar surface area (TPSA) is 46.5 Å². The molecule has 0 spiro atoms. The Bertz CT molecular complexity index is 121. The molecule has 11 heavy (non-hydrogen) atoms. The molecule has 0 aliphatic rings. The lowest BCUT2D eigenvalue weighted by atomic mass is 10.1. The second kappa shape index (κ2) is 5.13. The Labute approximate surface area is 67.4 Å². The van der Waals surface area contributed by atoms with Crippen molar-refractivity contribution in [3.05, 3.63) is 0 Å². The zero-order chi connectivity index (χ0) is 8.85. The van der Waals surface area contributed by atoms with E-state index in [0.29, 0.717) is 12.5 Å². The van der Waals surface area contributed by atoms with E-state index in [1.165, 1.54) is 6.92 Å². The molecule has 0 bridgehead atoms. The van der Waals surface area contributed by atoms with Crippen LogP contribution in [0.1, 0.15) is 27.2 Å². The number of hydrogen-bond donors (Lipinski definition) is 1. The van der Waals surface area contributed by atoms with Gasteiger partial charge in [0.2, 0.25) is 0 Å². The Kier molecular flexibility index (Phi) is 4.86. The van der Waals surface area contributed by atoms with E-state index in [1.807, 2.05) is 13.8 Å². The van der Waals surface area contributed by atoms with Crippen molar-refractivity contribution in [3.63, 3.8) is 0 Å². The van der Waals surface area contributed by atoms with Crippen molar-refractivity contribution in [1.82, 2.24) is 0 Å². The number of aliphatic hydroxyl groups is 1. The molecule has 0 aromatic rings. The van der Waals surface area contributed by atoms with Crippen LogP contribution in [0.25, 0.3) is 0 Å². The van der Waals surface area contributed by atoms with Crippen LogP contribution in [0.4, 0.5) is 0 Å². The van der Waals surface area contributed by atoms with Gasteiger partial charge in [-0.1, -0.05) is 20.3 Å². The first-order valence-corrected chi connectivity index (χ1v) is 3.92. The fourth-order valence-electron chi connectivity index (χ4n) is 0.463. The zero-order valence-corrected chi connectivity index (χ0v) is 7.33. The monoisotopic (exact) mass is 160 g/mol. The third kappa shape index (κ3) is 4.79. The lowest BCUT2D eigenvalue weighted by molar-refractivity contribution is -0.153. The summed E-state index contributed by atoms with van der Waals surface area (Å²) in [5, 5.41) is 8.73. The molecular formula is C8H16O3. The highest BCUT2D eigenvalue weighted by Crippen LogP contribution is 2.01. The number of carbonyl (C=O) groups is 1. The van der Waals surface area contributed by atoms with E-state index in [1.54, 1.807) is 0 Å². The Balaban J connectivity index is 3.46. The van der Waals surface area contributed by atoms with Crippen molar-refractivity contribution in [2.75, 3.05) is 6.61 Å². The van der Waals surface area contributed by atoms with Gasteiger partial charge in [-0.3, -0.25) is 0 Å². The van der Waals surface area contributed by atoms with Gasteiger partial charge in [0.25, 0.3) is 0 Å². The van der Waals surface area contributed by atoms with E-state index in [9.17, 15) is 4.79 Å². The first kappa shape index (κ1) is 10.4. The molecular weight excluding hydrogens is 144 g/mol. The Morgan fingerprint density at radius 2 is 2.09 bits per heavy atom. The Hall–Kier alpha value is -0.570. The van der Waals surface area contributed by atoms with Gasteiger partial charge in [0.05, 0.1) is 6.61 Å². The Morgan fingerprint density at radius 1 is 1.55 bits per heavy atom. The predicted octanol–water partition coefficient (Wildman–Crippen LogP) is 0.956. The average Bonchev–Trinajstić information content (AvgIpc) is 1.99. The van der Waals surface area contributed by atoms with Gasteiger partial charge in [0.1, 0.15) is 6.10 Å². The molecule has 1 N–H and O–H groups in total. The molecule has 0 aromatic carbocycles. The minimum atomic E-state index is -1.00. The van der Waals surface area contributed by atoms with Crippen LogP contribution in [0.15, 0.2) is 0 Å². The van der Waals surface area contributed by atoms with Gasteiger partial charge < -0.3 is 9.84 Å². The summed E-state index contributed by atoms with van der Waals surface area (Å²) in [5.74, 6) is -0.164. The van der Waals surface area contributed by atoms with Crippen LogP contribution in [0, 0.1) is 5.92 Å². The molecule has 0 unspecified atom stereocenters. The summed E-state index contributed by atoms with van der Waals surface area (Å²) in [6.45, 7) is 5.83. The lowest BCUT2D eigenvalue weighted by Crippen LogP contribution is -2.21. The molecule has 3 heteroatoms. The van der Waals surface area contributed by atoms with Crippen molar-refractivity contribution in [3.8, 4) is 0 Å². The fourth-order valence-corrected chi connectivity index (χ4v) is 0.463. The van der Waals surface area contributed by atoms with Gasteiger partial charge in [-0.15, -0.1) is 0 Å². The number of carbonyl (C=O) groups excluding carboxylic acids is 1. The van der Waals surface area contributed by atoms with E-state index < -0.39 is 12.1 Å². The minimum absolute atomic E-state index is 0.373. The quantitative estimate of drug-likeness (QED) is 0.623. The summed E-state index contributed by atoms with van der Waals surface area (Å²) in [4.78, 5) is 10.7. The second-order valence-corrected chi connectivity index (χ2v) is 2.82. The summed E-state index contributed by atoms with van der Waals surface area (Å²) in [6.07, 6.45) is -0.0216. The maximum absolute atomic E-state index is 10.7. The van der Waals surface area contributed by atoms with E-state index in [4.69, 9.17) is 9.84 Å². The smallest absolute Gasteiger partial charge is 0.334 e. The van der Waals surface area contributed by atoms with Gasteiger partial charge in [-0.25, -0.2) is 4.79 Å². The molecule has 0 saturated carbocycles. The van der Waals surface area contributed by atoms with Gasteiger partial charge in [0.15, 0.2) is 0 Å². The van der Waals surface area contributed by atoms with Crippen LogP contribution in [0.5, 0.6) is 0 Å². The number of hydrogen-bond acceptors (Lipinski definition) is 3. The third-order valence-corrected chi connectivity index (χ3v) is 1.55. The minimum Gasteiger partial charge on any atom is -0.463 e. The molecule has 66 valence electrons. The second-order valence-electron chi connectivity index (χ2n) is 2.82. The number of rotatable bonds is 4. The molecule has 2 atom stereocenters. The molecule has 0 aliphatic heterocycles. The molecule has 0 fully saturated rings. The van der Waals surface area contributed by atoms with Crippen molar-refractivity contribution < 1.29 is 14.6 Å². The molecule has 0 amide bonds. The lowest BCUT2D eigenvalue weighted by Gasteiger charge is -2.10. The van der Waals surface area contributed by atoms with Crippen LogP contribution in [-0.4, -0.2) is 23.8 Å². The highest BCUT2D eigenvalue weighted by Gasteiger charge is 2.10. The molecule has 0 rings (SSSR count). The molecule has 3 nitrogen and oxygen atoms in total. The van der Waals surface area contributed by atoms with Crippen LogP contribution in [0.2, 0.25) is 0 Å². The van der Waals surface area contributed by atoms with Crippen LogP contribution in [0.3, 0.4) is 0 Å². The van der Waals surface area contributed by atoms with Crippen molar-refractivity contribution in [2.45, 2.75) is 33.3 Å². The highest BCUT2D eigenvalue weighted by atomic mass is 16.5. The largest absolute Gasteiger partial charge is 0.463 e. The van der Waals surface area contributed by atoms with E-state index in [-0.39, 0.29) is 0 Å². The third-order valence-electron chi connectivity index (χ3n) is 1.55. The number of aliphatic hydroxyl groups excluding tert-OH is 1. The highest BCUT2D eigenvalue weighted by molar-refractivity contribution is 5.73. The molecule has 0 aliphatic carbocycles. The Morgan fingerprint density at radius 3 is 2.45 bits per heavy atom. The standard InChI is InChI=1S/C8H16O3/c1-4-6(2)5-11-8(10)7(3)9/h6-7,9H,4-5H2,1-3H3/t6-,7-/m1/s1. The first-order chi connectivity index (χ1) is 5.07. The van der Waals surface area contributed by atoms with Gasteiger partial charge in [0, 0.05) is 0 Å². The predicted molar refractivity (Wildman–Crippen MR) is 42.1 cm³/mol. The molecule has 0 saturated heterocycles. The summed E-state index contributed by atoms with van der Waals surface area (Å²) in [6, 6.07) is 0. The summed E-state index contributed by atoms with van der Waals surface area (Å²) >= 11 is 0. The first-order valence-electron chi connectivity index (χ1n) is 3.92. The maximum atomic E-state index is 10.7. The molecule has 0 heterocycles.